The van der Waals surface area contributed by atoms with Gasteiger partial charge in [0.25, 0.3) is 0 Å². The Morgan fingerprint density at radius 1 is 1.31 bits per heavy atom. The lowest BCUT2D eigenvalue weighted by Crippen LogP contribution is -2.34. The second-order valence-corrected chi connectivity index (χ2v) is 8.43. The molecule has 1 aromatic carbocycles. The van der Waals surface area contributed by atoms with Gasteiger partial charge in [-0.3, -0.25) is 0 Å². The molecule has 1 aliphatic rings. The second kappa shape index (κ2) is 12.3. The van der Waals surface area contributed by atoms with Crippen LogP contribution in [-0.2, 0) is 31.8 Å². The van der Waals surface area contributed by atoms with Gasteiger partial charge in [-0.1, -0.05) is 12.1 Å². The number of benzene rings is 1. The van der Waals surface area contributed by atoms with Crippen molar-refractivity contribution in [2.24, 2.45) is 0 Å². The molecule has 7 nitrogen and oxygen atoms in total. The maximum absolute atomic E-state index is 13.0. The van der Waals surface area contributed by atoms with Crippen molar-refractivity contribution in [3.63, 3.8) is 0 Å². The molecule has 1 saturated carbocycles. The topological polar surface area (TPSA) is 91.0 Å². The van der Waals surface area contributed by atoms with Crippen LogP contribution in [0.15, 0.2) is 41.3 Å². The van der Waals surface area contributed by atoms with Gasteiger partial charge < -0.3 is 23.7 Å². The summed E-state index contributed by atoms with van der Waals surface area (Å²) >= 11 is 0. The van der Waals surface area contributed by atoms with E-state index in [1.807, 2.05) is 0 Å². The van der Waals surface area contributed by atoms with E-state index in [1.54, 1.807) is 13.0 Å². The van der Waals surface area contributed by atoms with E-state index in [-0.39, 0.29) is 43.5 Å². The molecule has 0 saturated heterocycles. The van der Waals surface area contributed by atoms with Crippen LogP contribution in [0.4, 0.5) is 13.2 Å². The lowest BCUT2D eigenvalue weighted by Gasteiger charge is -2.29. The highest BCUT2D eigenvalue weighted by atomic mass is 19.4. The van der Waals surface area contributed by atoms with E-state index in [4.69, 9.17) is 18.6 Å². The molecule has 1 N–H and O–H groups in total. The van der Waals surface area contributed by atoms with E-state index in [2.05, 4.69) is 11.6 Å². The standard InChI is InChI=1S/C25H30F3NO6/c1-3-4-11-32-22(24(30)31)15-34-20-10-6-9-19(13-20)33-14-21-16(2)35-23(29-21)17-7-5-8-18(12-17)25(26,27)28/h3,5,7-8,12,19-20,22H,1,4,6,9-11,13-15H2,2H3,(H,30,31). The molecule has 3 rings (SSSR count). The van der Waals surface area contributed by atoms with Crippen LogP contribution in [0.3, 0.4) is 0 Å². The zero-order chi connectivity index (χ0) is 25.4. The smallest absolute Gasteiger partial charge is 0.416 e. The van der Waals surface area contributed by atoms with Gasteiger partial charge in [-0.05, 0) is 57.2 Å². The first-order chi connectivity index (χ1) is 16.7. The second-order valence-electron chi connectivity index (χ2n) is 8.43. The fourth-order valence-corrected chi connectivity index (χ4v) is 3.82. The van der Waals surface area contributed by atoms with Crippen LogP contribution in [0, 0.1) is 6.92 Å². The van der Waals surface area contributed by atoms with Crippen LogP contribution in [0.2, 0.25) is 0 Å². The van der Waals surface area contributed by atoms with E-state index in [1.165, 1.54) is 12.1 Å². The molecule has 0 amide bonds. The summed E-state index contributed by atoms with van der Waals surface area (Å²) in [5, 5.41) is 9.30. The molecule has 0 aliphatic heterocycles. The summed E-state index contributed by atoms with van der Waals surface area (Å²) in [4.78, 5) is 15.7. The van der Waals surface area contributed by atoms with Gasteiger partial charge in [-0.2, -0.15) is 13.2 Å². The molecule has 1 fully saturated rings. The van der Waals surface area contributed by atoms with Crippen LogP contribution in [-0.4, -0.2) is 47.6 Å². The average Bonchev–Trinajstić information content (AvgIpc) is 3.20. The van der Waals surface area contributed by atoms with Gasteiger partial charge in [0.15, 0.2) is 6.10 Å². The van der Waals surface area contributed by atoms with E-state index in [9.17, 15) is 23.1 Å². The Labute approximate surface area is 201 Å². The van der Waals surface area contributed by atoms with E-state index in [0.29, 0.717) is 24.3 Å². The molecule has 35 heavy (non-hydrogen) atoms. The van der Waals surface area contributed by atoms with Crippen molar-refractivity contribution in [2.75, 3.05) is 13.2 Å². The number of carbonyl (C=O) groups is 1. The molecule has 1 aromatic heterocycles. The third kappa shape index (κ3) is 7.91. The number of oxazole rings is 1. The Morgan fingerprint density at radius 3 is 2.74 bits per heavy atom. The lowest BCUT2D eigenvalue weighted by molar-refractivity contribution is -0.157. The monoisotopic (exact) mass is 497 g/mol. The van der Waals surface area contributed by atoms with Crippen LogP contribution in [0.25, 0.3) is 11.5 Å². The van der Waals surface area contributed by atoms with E-state index < -0.39 is 23.8 Å². The number of carboxylic acid groups (broad SMARTS) is 1. The van der Waals surface area contributed by atoms with Crippen LogP contribution < -0.4 is 0 Å². The molecule has 1 aliphatic carbocycles. The molecule has 3 unspecified atom stereocenters. The number of ether oxygens (including phenoxy) is 3. The molecule has 192 valence electrons. The zero-order valence-electron chi connectivity index (χ0n) is 19.6. The average molecular weight is 498 g/mol. The molecule has 0 bridgehead atoms. The molecular formula is C25H30F3NO6. The van der Waals surface area contributed by atoms with Crippen LogP contribution in [0.1, 0.15) is 49.1 Å². The third-order valence-corrected chi connectivity index (χ3v) is 5.76. The molecule has 0 spiro atoms. The fourth-order valence-electron chi connectivity index (χ4n) is 3.82. The van der Waals surface area contributed by atoms with Crippen molar-refractivity contribution in [1.29, 1.82) is 0 Å². The quantitative estimate of drug-likeness (QED) is 0.303. The van der Waals surface area contributed by atoms with Gasteiger partial charge in [-0.15, -0.1) is 6.58 Å². The molecule has 1 heterocycles. The number of carboxylic acids is 1. The first kappa shape index (κ1) is 26.9. The summed E-state index contributed by atoms with van der Waals surface area (Å²) in [6.07, 6.45) is -0.494. The zero-order valence-corrected chi connectivity index (χ0v) is 19.6. The van der Waals surface area contributed by atoms with Crippen molar-refractivity contribution in [2.45, 2.75) is 70.1 Å². The summed E-state index contributed by atoms with van der Waals surface area (Å²) < 4.78 is 61.8. The Morgan fingerprint density at radius 2 is 2.06 bits per heavy atom. The van der Waals surface area contributed by atoms with E-state index in [0.717, 1.165) is 31.4 Å². The lowest BCUT2D eigenvalue weighted by atomic mass is 9.95. The van der Waals surface area contributed by atoms with Gasteiger partial charge >= 0.3 is 12.1 Å². The first-order valence-corrected chi connectivity index (χ1v) is 11.5. The molecule has 10 heteroatoms. The van der Waals surface area contributed by atoms with Gasteiger partial charge in [0.2, 0.25) is 5.89 Å². The summed E-state index contributed by atoms with van der Waals surface area (Å²) in [6.45, 7) is 5.63. The number of hydrogen-bond acceptors (Lipinski definition) is 6. The molecule has 3 atom stereocenters. The Hall–Kier alpha value is -2.69. The highest BCUT2D eigenvalue weighted by molar-refractivity contribution is 5.72. The number of aromatic nitrogens is 1. The summed E-state index contributed by atoms with van der Waals surface area (Å²) in [6, 6.07) is 4.83. The van der Waals surface area contributed by atoms with Crippen molar-refractivity contribution >= 4 is 5.97 Å². The molecule has 0 radical (unpaired) electrons. The largest absolute Gasteiger partial charge is 0.479 e. The Balaban J connectivity index is 1.53. The minimum atomic E-state index is -4.45. The number of aliphatic carboxylic acids is 1. The van der Waals surface area contributed by atoms with Crippen molar-refractivity contribution < 1.29 is 41.7 Å². The number of hydrogen-bond donors (Lipinski definition) is 1. The maximum Gasteiger partial charge on any atom is 0.416 e. The summed E-state index contributed by atoms with van der Waals surface area (Å²) in [7, 11) is 0. The number of rotatable bonds is 12. The number of alkyl halides is 3. The van der Waals surface area contributed by atoms with Gasteiger partial charge in [0.1, 0.15) is 11.5 Å². The van der Waals surface area contributed by atoms with Crippen molar-refractivity contribution in [1.82, 2.24) is 4.98 Å². The predicted octanol–water partition coefficient (Wildman–Crippen LogP) is 5.56. The van der Waals surface area contributed by atoms with Crippen molar-refractivity contribution in [3.8, 4) is 11.5 Å². The maximum atomic E-state index is 13.0. The Kier molecular flexibility index (Phi) is 9.47. The Bertz CT molecular complexity index is 990. The van der Waals surface area contributed by atoms with Crippen molar-refractivity contribution in [3.05, 3.63) is 53.9 Å². The normalized spacial score (nSPS) is 19.4. The van der Waals surface area contributed by atoms with Crippen LogP contribution in [0.5, 0.6) is 0 Å². The minimum absolute atomic E-state index is 0.0490. The first-order valence-electron chi connectivity index (χ1n) is 11.5. The van der Waals surface area contributed by atoms with Gasteiger partial charge in [-0.25, -0.2) is 9.78 Å². The third-order valence-electron chi connectivity index (χ3n) is 5.76. The highest BCUT2D eigenvalue weighted by Crippen LogP contribution is 2.33. The summed E-state index contributed by atoms with van der Waals surface area (Å²) in [5.74, 6) is -0.494. The number of nitrogens with zero attached hydrogens (tertiary/aromatic N) is 1. The number of aryl methyl sites for hydroxylation is 1. The van der Waals surface area contributed by atoms with E-state index >= 15 is 0 Å². The van der Waals surface area contributed by atoms with Crippen LogP contribution >= 0.6 is 0 Å². The molecule has 2 aromatic rings. The number of halogens is 3. The predicted molar refractivity (Wildman–Crippen MR) is 121 cm³/mol. The highest BCUT2D eigenvalue weighted by Gasteiger charge is 2.31. The van der Waals surface area contributed by atoms with Gasteiger partial charge in [0, 0.05) is 5.56 Å². The fraction of sp³-hybridized carbons (Fsp3) is 0.520. The minimum Gasteiger partial charge on any atom is -0.479 e. The summed E-state index contributed by atoms with van der Waals surface area (Å²) in [5.41, 5.74) is -0.0150. The van der Waals surface area contributed by atoms with Gasteiger partial charge in [0.05, 0.1) is 37.6 Å². The molecular weight excluding hydrogens is 467 g/mol. The SMILES string of the molecule is C=CCCOC(COC1CCCC(OCc2nc(-c3cccc(C(F)(F)F)c3)oc2C)C1)C(=O)O.